The van der Waals surface area contributed by atoms with E-state index in [0.29, 0.717) is 18.5 Å². The van der Waals surface area contributed by atoms with Gasteiger partial charge in [0.2, 0.25) is 0 Å². The maximum Gasteiger partial charge on any atom is 0.407 e. The van der Waals surface area contributed by atoms with Crippen molar-refractivity contribution in [1.82, 2.24) is 10.6 Å². The van der Waals surface area contributed by atoms with Crippen LogP contribution in [0, 0.1) is 5.82 Å². The summed E-state index contributed by atoms with van der Waals surface area (Å²) in [5.41, 5.74) is 0.189. The van der Waals surface area contributed by atoms with E-state index < -0.39 is 11.7 Å². The Hall–Kier alpha value is -1.62. The van der Waals surface area contributed by atoms with Gasteiger partial charge in [-0.05, 0) is 52.7 Å². The van der Waals surface area contributed by atoms with Crippen molar-refractivity contribution in [3.8, 4) is 0 Å². The number of amides is 1. The molecule has 0 aliphatic rings. The summed E-state index contributed by atoms with van der Waals surface area (Å²) in [6, 6.07) is 6.94. The van der Waals surface area contributed by atoms with E-state index in [9.17, 15) is 9.18 Å². The largest absolute Gasteiger partial charge is 0.444 e. The van der Waals surface area contributed by atoms with Crippen LogP contribution in [0.3, 0.4) is 0 Å². The maximum absolute atomic E-state index is 13.6. The zero-order valence-corrected chi connectivity index (χ0v) is 14.1. The zero-order chi connectivity index (χ0) is 16.8. The van der Waals surface area contributed by atoms with Gasteiger partial charge in [-0.2, -0.15) is 0 Å². The van der Waals surface area contributed by atoms with Crippen molar-refractivity contribution < 1.29 is 13.9 Å². The summed E-state index contributed by atoms with van der Waals surface area (Å²) in [6.07, 6.45) is 0.173. The maximum atomic E-state index is 13.6. The molecule has 0 aliphatic heterocycles. The van der Waals surface area contributed by atoms with Crippen molar-refractivity contribution in [3.05, 3.63) is 35.6 Å². The molecular formula is C17H27FN2O2. The Balaban J connectivity index is 2.34. The minimum atomic E-state index is -0.501. The molecule has 1 amide bonds. The third-order valence-electron chi connectivity index (χ3n) is 3.00. The third kappa shape index (κ3) is 7.41. The monoisotopic (exact) mass is 310 g/mol. The lowest BCUT2D eigenvalue weighted by Gasteiger charge is -2.23. The van der Waals surface area contributed by atoms with Crippen LogP contribution in [0.5, 0.6) is 0 Å². The SMILES string of the molecule is CC(CNC(=O)OC(C)(C)C)NC(C)Cc1ccccc1F. The molecule has 2 N–H and O–H groups in total. The van der Waals surface area contributed by atoms with Gasteiger partial charge in [-0.25, -0.2) is 9.18 Å². The van der Waals surface area contributed by atoms with E-state index in [1.807, 2.05) is 40.7 Å². The number of alkyl carbamates (subject to hydrolysis) is 1. The first-order chi connectivity index (χ1) is 10.2. The zero-order valence-electron chi connectivity index (χ0n) is 14.1. The number of carbonyl (C=O) groups excluding carboxylic acids is 1. The summed E-state index contributed by atoms with van der Waals surface area (Å²) in [5.74, 6) is -0.185. The Morgan fingerprint density at radius 2 is 1.86 bits per heavy atom. The minimum absolute atomic E-state index is 0.0642. The average Bonchev–Trinajstić information content (AvgIpc) is 2.37. The molecule has 0 bridgehead atoms. The van der Waals surface area contributed by atoms with Crippen LogP contribution < -0.4 is 10.6 Å². The summed E-state index contributed by atoms with van der Waals surface area (Å²) in [6.45, 7) is 9.89. The number of nitrogens with one attached hydrogen (secondary N) is 2. The highest BCUT2D eigenvalue weighted by Gasteiger charge is 2.17. The van der Waals surface area contributed by atoms with Crippen LogP contribution in [-0.2, 0) is 11.2 Å². The van der Waals surface area contributed by atoms with Gasteiger partial charge in [-0.1, -0.05) is 18.2 Å². The Kier molecular flexibility index (Phi) is 6.81. The summed E-state index contributed by atoms with van der Waals surface area (Å²) >= 11 is 0. The Morgan fingerprint density at radius 3 is 2.45 bits per heavy atom. The van der Waals surface area contributed by atoms with Crippen LogP contribution in [0.1, 0.15) is 40.2 Å². The number of rotatable bonds is 6. The minimum Gasteiger partial charge on any atom is -0.444 e. The Labute approximate surface area is 132 Å². The number of carbonyl (C=O) groups is 1. The van der Waals surface area contributed by atoms with E-state index in [-0.39, 0.29) is 17.9 Å². The van der Waals surface area contributed by atoms with Gasteiger partial charge in [0, 0.05) is 18.6 Å². The first-order valence-electron chi connectivity index (χ1n) is 7.63. The van der Waals surface area contributed by atoms with Gasteiger partial charge in [-0.15, -0.1) is 0 Å². The van der Waals surface area contributed by atoms with E-state index in [1.54, 1.807) is 12.1 Å². The first kappa shape index (κ1) is 18.4. The van der Waals surface area contributed by atoms with Crippen LogP contribution in [-0.4, -0.2) is 30.3 Å². The molecule has 0 radical (unpaired) electrons. The summed E-state index contributed by atoms with van der Waals surface area (Å²) in [5, 5.41) is 6.06. The summed E-state index contributed by atoms with van der Waals surface area (Å²) < 4.78 is 18.8. The third-order valence-corrected chi connectivity index (χ3v) is 3.00. The lowest BCUT2D eigenvalue weighted by molar-refractivity contribution is 0.0522. The smallest absolute Gasteiger partial charge is 0.407 e. The molecule has 4 nitrogen and oxygen atoms in total. The molecule has 0 spiro atoms. The van der Waals surface area contributed by atoms with E-state index in [2.05, 4.69) is 10.6 Å². The molecule has 2 unspecified atom stereocenters. The molecule has 0 heterocycles. The number of hydrogen-bond donors (Lipinski definition) is 2. The molecule has 0 aliphatic carbocycles. The summed E-state index contributed by atoms with van der Waals surface area (Å²) in [7, 11) is 0. The fourth-order valence-electron chi connectivity index (χ4n) is 2.15. The van der Waals surface area contributed by atoms with Crippen LogP contribution in [0.4, 0.5) is 9.18 Å². The quantitative estimate of drug-likeness (QED) is 0.848. The standard InChI is InChI=1S/C17H27FN2O2/c1-12(10-14-8-6-7-9-15(14)18)20-13(2)11-19-16(21)22-17(3,4)5/h6-9,12-13,20H,10-11H2,1-5H3,(H,19,21). The predicted octanol–water partition coefficient (Wildman–Crippen LogP) is 3.26. The van der Waals surface area contributed by atoms with Crippen LogP contribution in [0.2, 0.25) is 0 Å². The van der Waals surface area contributed by atoms with Crippen molar-refractivity contribution in [3.63, 3.8) is 0 Å². The second-order valence-electron chi connectivity index (χ2n) is 6.65. The van der Waals surface area contributed by atoms with Gasteiger partial charge in [0.25, 0.3) is 0 Å². The second-order valence-corrected chi connectivity index (χ2v) is 6.65. The van der Waals surface area contributed by atoms with Gasteiger partial charge in [-0.3, -0.25) is 0 Å². The average molecular weight is 310 g/mol. The first-order valence-corrected chi connectivity index (χ1v) is 7.63. The van der Waals surface area contributed by atoms with Gasteiger partial charge >= 0.3 is 6.09 Å². The van der Waals surface area contributed by atoms with Gasteiger partial charge in [0.1, 0.15) is 11.4 Å². The second kappa shape index (κ2) is 8.13. The molecule has 0 fully saturated rings. The molecule has 1 aromatic rings. The molecule has 0 saturated heterocycles. The summed E-state index contributed by atoms with van der Waals surface area (Å²) in [4.78, 5) is 11.6. The normalized spacial score (nSPS) is 14.3. The van der Waals surface area contributed by atoms with Gasteiger partial charge in [0.05, 0.1) is 0 Å². The lowest BCUT2D eigenvalue weighted by atomic mass is 10.1. The topological polar surface area (TPSA) is 50.4 Å². The van der Waals surface area contributed by atoms with Crippen molar-refractivity contribution >= 4 is 6.09 Å². The van der Waals surface area contributed by atoms with Gasteiger partial charge < -0.3 is 15.4 Å². The number of halogens is 1. The molecule has 124 valence electrons. The van der Waals surface area contributed by atoms with Crippen LogP contribution >= 0.6 is 0 Å². The number of hydrogen-bond acceptors (Lipinski definition) is 3. The molecule has 0 saturated carbocycles. The molecular weight excluding hydrogens is 283 g/mol. The highest BCUT2D eigenvalue weighted by Crippen LogP contribution is 2.09. The van der Waals surface area contributed by atoms with E-state index in [1.165, 1.54) is 6.07 Å². The van der Waals surface area contributed by atoms with Crippen LogP contribution in [0.25, 0.3) is 0 Å². The molecule has 1 rings (SSSR count). The van der Waals surface area contributed by atoms with Crippen molar-refractivity contribution in [2.45, 2.75) is 58.7 Å². The van der Waals surface area contributed by atoms with Crippen molar-refractivity contribution in [1.29, 1.82) is 0 Å². The number of benzene rings is 1. The predicted molar refractivity (Wildman–Crippen MR) is 86.4 cm³/mol. The fraction of sp³-hybridized carbons (Fsp3) is 0.588. The van der Waals surface area contributed by atoms with E-state index in [4.69, 9.17) is 4.74 Å². The molecule has 0 aromatic heterocycles. The molecule has 5 heteroatoms. The number of ether oxygens (including phenoxy) is 1. The van der Waals surface area contributed by atoms with Gasteiger partial charge in [0.15, 0.2) is 0 Å². The lowest BCUT2D eigenvalue weighted by Crippen LogP contribution is -2.44. The van der Waals surface area contributed by atoms with Crippen molar-refractivity contribution in [2.75, 3.05) is 6.54 Å². The highest BCUT2D eigenvalue weighted by molar-refractivity contribution is 5.67. The molecule has 2 atom stereocenters. The van der Waals surface area contributed by atoms with E-state index >= 15 is 0 Å². The van der Waals surface area contributed by atoms with Crippen LogP contribution in [0.15, 0.2) is 24.3 Å². The highest BCUT2D eigenvalue weighted by atomic mass is 19.1. The van der Waals surface area contributed by atoms with E-state index in [0.717, 1.165) is 0 Å². The molecule has 22 heavy (non-hydrogen) atoms. The Morgan fingerprint density at radius 1 is 1.23 bits per heavy atom. The Bertz CT molecular complexity index is 486. The van der Waals surface area contributed by atoms with Crippen molar-refractivity contribution in [2.24, 2.45) is 0 Å². The fourth-order valence-corrected chi connectivity index (χ4v) is 2.15. The molecule has 1 aromatic carbocycles.